The fourth-order valence-corrected chi connectivity index (χ4v) is 0. The average molecular weight is 131 g/mol. The Morgan fingerprint density at radius 3 is 1.62 bits per heavy atom. The molecule has 6 heteroatoms. The van der Waals surface area contributed by atoms with Crippen molar-refractivity contribution in [1.82, 2.24) is 0 Å². The summed E-state index contributed by atoms with van der Waals surface area (Å²) in [5, 5.41) is 22.3. The maximum Gasteiger partial charge on any atom is 1.00 e. The zero-order valence-electron chi connectivity index (χ0n) is 4.83. The van der Waals surface area contributed by atoms with Crippen molar-refractivity contribution in [3.05, 3.63) is 15.3 Å². The molecule has 0 bridgehead atoms. The van der Waals surface area contributed by atoms with Gasteiger partial charge < -0.3 is 20.4 Å². The van der Waals surface area contributed by atoms with Crippen LogP contribution in [0.25, 0.3) is 0 Å². The summed E-state index contributed by atoms with van der Waals surface area (Å²) >= 11 is 0. The van der Waals surface area contributed by atoms with E-state index in [4.69, 9.17) is 20.4 Å². The Morgan fingerprint density at radius 2 is 1.62 bits per heavy atom. The van der Waals surface area contributed by atoms with Crippen molar-refractivity contribution < 1.29 is 39.8 Å². The molecule has 8 heavy (non-hydrogen) atoms. The smallest absolute Gasteiger partial charge is 0.397 e. The van der Waals surface area contributed by atoms with Crippen molar-refractivity contribution >= 4 is 0 Å². The van der Waals surface area contributed by atoms with E-state index in [0.29, 0.717) is 0 Å². The van der Waals surface area contributed by atoms with Gasteiger partial charge in [-0.05, 0) is 6.92 Å². The molecule has 0 atom stereocenters. The molecular weight excluding hydrogens is 125 g/mol. The Kier molecular flexibility index (Phi) is 30.8. The Hall–Kier alpha value is 0.160. The van der Waals surface area contributed by atoms with E-state index in [1.54, 1.807) is 6.92 Å². The van der Waals surface area contributed by atoms with E-state index < -0.39 is 5.09 Å². The number of aliphatic hydroxyl groups excluding tert-OH is 1. The SMILES string of the molecule is CCO.O=[N+]([O-])[O-].[Na+]. The van der Waals surface area contributed by atoms with Gasteiger partial charge in [-0.2, -0.15) is 0 Å². The van der Waals surface area contributed by atoms with E-state index >= 15 is 0 Å². The number of aliphatic hydroxyl groups is 1. The molecule has 0 aromatic rings. The van der Waals surface area contributed by atoms with Crippen LogP contribution < -0.4 is 29.6 Å². The van der Waals surface area contributed by atoms with Crippen LogP contribution in [-0.4, -0.2) is 16.8 Å². The predicted molar refractivity (Wildman–Crippen MR) is 23.1 cm³/mol. The van der Waals surface area contributed by atoms with Crippen LogP contribution in [-0.2, 0) is 0 Å². The molecule has 0 fully saturated rings. The van der Waals surface area contributed by atoms with Crippen molar-refractivity contribution in [1.29, 1.82) is 0 Å². The maximum absolute atomic E-state index is 8.25. The summed E-state index contributed by atoms with van der Waals surface area (Å²) in [6.45, 7) is 1.93. The summed E-state index contributed by atoms with van der Waals surface area (Å²) < 4.78 is 0. The summed E-state index contributed by atoms with van der Waals surface area (Å²) in [6.07, 6.45) is 0. The van der Waals surface area contributed by atoms with Crippen molar-refractivity contribution in [3.8, 4) is 0 Å². The van der Waals surface area contributed by atoms with Crippen molar-refractivity contribution in [2.75, 3.05) is 6.61 Å². The molecule has 0 heterocycles. The summed E-state index contributed by atoms with van der Waals surface area (Å²) in [4.78, 5) is 8.25. The zero-order chi connectivity index (χ0) is 6.28. The van der Waals surface area contributed by atoms with Crippen molar-refractivity contribution in [3.63, 3.8) is 0 Å². The van der Waals surface area contributed by atoms with E-state index in [1.807, 2.05) is 0 Å². The van der Waals surface area contributed by atoms with Crippen LogP contribution in [0.4, 0.5) is 0 Å². The van der Waals surface area contributed by atoms with Crippen LogP contribution in [0, 0.1) is 15.3 Å². The van der Waals surface area contributed by atoms with Gasteiger partial charge in [-0.25, -0.2) is 0 Å². The minimum atomic E-state index is -1.75. The Morgan fingerprint density at radius 1 is 1.62 bits per heavy atom. The Balaban J connectivity index is -0.0000000575. The Bertz CT molecular complexity index is 45.3. The molecule has 0 rings (SSSR count). The monoisotopic (exact) mass is 131 g/mol. The molecule has 0 aromatic carbocycles. The molecule has 0 amide bonds. The van der Waals surface area contributed by atoms with Crippen molar-refractivity contribution in [2.45, 2.75) is 6.92 Å². The molecule has 44 valence electrons. The quantitative estimate of drug-likeness (QED) is 0.212. The van der Waals surface area contributed by atoms with E-state index in [9.17, 15) is 0 Å². The van der Waals surface area contributed by atoms with E-state index in [1.165, 1.54) is 0 Å². The first-order valence-electron chi connectivity index (χ1n) is 1.57. The van der Waals surface area contributed by atoms with Crippen LogP contribution in [0.2, 0.25) is 0 Å². The standard InChI is InChI=1S/C2H6O.NO3.Na/c1-2-3;2-1(3)4;/h3H,2H2,1H3;;/q;-1;+1. The Labute approximate surface area is 68.7 Å². The average Bonchev–Trinajstić information content (AvgIpc) is 1.33. The molecule has 0 saturated carbocycles. The van der Waals surface area contributed by atoms with Gasteiger partial charge in [0.1, 0.15) is 0 Å². The molecule has 0 aliphatic rings. The largest absolute Gasteiger partial charge is 1.00 e. The van der Waals surface area contributed by atoms with Gasteiger partial charge in [0.15, 0.2) is 0 Å². The van der Waals surface area contributed by atoms with E-state index in [2.05, 4.69) is 0 Å². The van der Waals surface area contributed by atoms with Gasteiger partial charge >= 0.3 is 29.6 Å². The second kappa shape index (κ2) is 15.7. The van der Waals surface area contributed by atoms with Crippen LogP contribution >= 0.6 is 0 Å². The third-order valence-electron chi connectivity index (χ3n) is 0. The first-order chi connectivity index (χ1) is 3.15. The van der Waals surface area contributed by atoms with Gasteiger partial charge in [-0.3, -0.25) is 0 Å². The fourth-order valence-electron chi connectivity index (χ4n) is 0. The summed E-state index contributed by atoms with van der Waals surface area (Å²) in [5.74, 6) is 0. The molecule has 1 N–H and O–H groups in total. The molecule has 0 saturated heterocycles. The van der Waals surface area contributed by atoms with Crippen LogP contribution in [0.1, 0.15) is 6.92 Å². The van der Waals surface area contributed by atoms with Crippen molar-refractivity contribution in [2.24, 2.45) is 0 Å². The first kappa shape index (κ1) is 15.7. The molecule has 0 aliphatic carbocycles. The van der Waals surface area contributed by atoms with Gasteiger partial charge in [0.05, 0.1) is 5.09 Å². The molecule has 0 radical (unpaired) electrons. The second-order valence-corrected chi connectivity index (χ2v) is 0.540. The molecule has 0 aliphatic heterocycles. The molecule has 5 nitrogen and oxygen atoms in total. The van der Waals surface area contributed by atoms with Crippen LogP contribution in [0.15, 0.2) is 0 Å². The van der Waals surface area contributed by atoms with E-state index in [-0.39, 0.29) is 36.2 Å². The fraction of sp³-hybridized carbons (Fsp3) is 1.00. The zero-order valence-corrected chi connectivity index (χ0v) is 6.83. The molecule has 0 unspecified atom stereocenters. The molecule has 0 spiro atoms. The summed E-state index contributed by atoms with van der Waals surface area (Å²) in [7, 11) is 0. The minimum Gasteiger partial charge on any atom is -0.397 e. The predicted octanol–water partition coefficient (Wildman–Crippen LogP) is -3.24. The number of hydrogen-bond donors (Lipinski definition) is 1. The third kappa shape index (κ3) is 6410. The van der Waals surface area contributed by atoms with Crippen LogP contribution in [0.5, 0.6) is 0 Å². The van der Waals surface area contributed by atoms with Gasteiger partial charge in [0, 0.05) is 6.61 Å². The molecular formula is C2H6NNaO4. The third-order valence-corrected chi connectivity index (χ3v) is 0. The van der Waals surface area contributed by atoms with Gasteiger partial charge in [-0.1, -0.05) is 0 Å². The first-order valence-corrected chi connectivity index (χ1v) is 1.57. The van der Waals surface area contributed by atoms with E-state index in [0.717, 1.165) is 0 Å². The second-order valence-electron chi connectivity index (χ2n) is 0.540. The minimum absolute atomic E-state index is 0. The number of rotatable bonds is 0. The number of hydrogen-bond acceptors (Lipinski definition) is 4. The summed E-state index contributed by atoms with van der Waals surface area (Å²) in [5.41, 5.74) is 0. The normalized spacial score (nSPS) is 5.25. The van der Waals surface area contributed by atoms with Crippen LogP contribution in [0.3, 0.4) is 0 Å². The summed E-state index contributed by atoms with van der Waals surface area (Å²) in [6, 6.07) is 0. The van der Waals surface area contributed by atoms with Gasteiger partial charge in [0.25, 0.3) is 0 Å². The van der Waals surface area contributed by atoms with Gasteiger partial charge in [0.2, 0.25) is 0 Å². The maximum atomic E-state index is 8.25. The number of nitrogens with zero attached hydrogens (tertiary/aromatic N) is 1. The van der Waals surface area contributed by atoms with Gasteiger partial charge in [-0.15, -0.1) is 0 Å². The molecule has 0 aromatic heterocycles. The topological polar surface area (TPSA) is 86.4 Å².